The highest BCUT2D eigenvalue weighted by Crippen LogP contribution is 2.39. The molecule has 19 heteroatoms. The Hall–Kier alpha value is -3.95. The number of amides is 1. The smallest absolute Gasteiger partial charge is 0.329 e. The Morgan fingerprint density at radius 3 is 2.26 bits per heavy atom. The lowest BCUT2D eigenvalue weighted by Crippen LogP contribution is -2.61. The lowest BCUT2D eigenvalue weighted by Gasteiger charge is -2.42. The summed E-state index contributed by atoms with van der Waals surface area (Å²) in [7, 11) is 4.41. The minimum absolute atomic E-state index is 0.0142. The number of methoxy groups -OCH3 is 3. The normalized spacial score (nSPS) is 36.6. The zero-order valence-corrected chi connectivity index (χ0v) is 48.8. The molecule has 0 spiro atoms. The first kappa shape index (κ1) is 65.6. The molecule has 2 bridgehead atoms. The van der Waals surface area contributed by atoms with Crippen LogP contribution in [0.25, 0.3) is 0 Å². The van der Waals surface area contributed by atoms with Crippen LogP contribution in [0, 0.1) is 40.9 Å². The molecule has 16 atom stereocenters. The number of piperidine rings is 1. The van der Waals surface area contributed by atoms with E-state index in [0.717, 1.165) is 10.5 Å². The molecule has 3 fully saturated rings. The van der Waals surface area contributed by atoms with Gasteiger partial charge in [-0.05, 0) is 114 Å². The largest absolute Gasteiger partial charge is 0.464 e. The number of Topliss-reactive ketones (excluding diaryl/α,β-unsaturated/α-hetero) is 3. The minimum atomic E-state index is -2.48. The summed E-state index contributed by atoms with van der Waals surface area (Å²) in [4.78, 5) is 97.9. The van der Waals surface area contributed by atoms with E-state index in [-0.39, 0.29) is 61.1 Å². The fourth-order valence-electron chi connectivity index (χ4n) is 11.0. The molecule has 18 nitrogen and oxygen atoms in total. The van der Waals surface area contributed by atoms with Crippen molar-refractivity contribution in [1.29, 1.82) is 0 Å². The van der Waals surface area contributed by atoms with Gasteiger partial charge in [-0.15, -0.1) is 0 Å². The van der Waals surface area contributed by atoms with Crippen molar-refractivity contribution < 1.29 is 82.0 Å². The van der Waals surface area contributed by atoms with Crippen molar-refractivity contribution >= 4 is 57.1 Å². The fraction of sp³-hybridized carbons (Fsp3) is 0.741. The Bertz CT molecular complexity index is 2160. The van der Waals surface area contributed by atoms with Crippen LogP contribution in [0.1, 0.15) is 132 Å². The summed E-state index contributed by atoms with van der Waals surface area (Å²) in [5.74, 6) is -10.1. The minimum Gasteiger partial charge on any atom is -0.464 e. The molecule has 3 N–H and O–H groups in total. The number of rotatable bonds is 12. The number of hydrogen-bond donors (Lipinski definition) is 3. The summed E-state index contributed by atoms with van der Waals surface area (Å²) < 4.78 is 40.8. The van der Waals surface area contributed by atoms with Crippen LogP contribution < -0.4 is 0 Å². The molecular weight excluding hydrogens is 1060 g/mol. The van der Waals surface area contributed by atoms with Crippen LogP contribution in [0.15, 0.2) is 47.6 Å². The number of halogens is 1. The molecule has 4 rings (SSSR count). The third-order valence-corrected chi connectivity index (χ3v) is 16.7. The third kappa shape index (κ3) is 17.8. The summed E-state index contributed by atoms with van der Waals surface area (Å²) in [5.41, 5.74) is -0.320. The van der Waals surface area contributed by atoms with Crippen molar-refractivity contribution in [3.8, 4) is 0 Å². The summed E-state index contributed by atoms with van der Waals surface area (Å²) >= 11 is 3.02. The van der Waals surface area contributed by atoms with Gasteiger partial charge in [-0.3, -0.25) is 28.8 Å². The Balaban J connectivity index is 1.68. The Morgan fingerprint density at radius 1 is 0.896 bits per heavy atom. The van der Waals surface area contributed by atoms with Crippen molar-refractivity contribution in [3.05, 3.63) is 47.6 Å². The molecule has 1 saturated carbocycles. The van der Waals surface area contributed by atoms with E-state index in [1.54, 1.807) is 40.9 Å². The molecule has 77 heavy (non-hydrogen) atoms. The Labute approximate surface area is 464 Å². The average molecular weight is 1150 g/mol. The maximum absolute atomic E-state index is 14.6. The van der Waals surface area contributed by atoms with Gasteiger partial charge in [0.2, 0.25) is 5.79 Å². The predicted octanol–water partition coefficient (Wildman–Crippen LogP) is 6.67. The quantitative estimate of drug-likeness (QED) is 0.0607. The molecule has 0 aromatic rings. The van der Waals surface area contributed by atoms with Gasteiger partial charge in [0.15, 0.2) is 5.78 Å². The van der Waals surface area contributed by atoms with Crippen LogP contribution in [0.5, 0.6) is 0 Å². The zero-order chi connectivity index (χ0) is 57.4. The number of cyclic esters (lactones) is 1. The number of ketones is 3. The van der Waals surface area contributed by atoms with Crippen molar-refractivity contribution in [2.75, 3.05) is 46.4 Å². The van der Waals surface area contributed by atoms with E-state index in [1.807, 2.05) is 51.2 Å². The lowest BCUT2D eigenvalue weighted by molar-refractivity contribution is -0.265. The fourth-order valence-corrected chi connectivity index (χ4v) is 11.1. The number of hydrogen-bond acceptors (Lipinski definition) is 17. The first-order chi connectivity index (χ1) is 36.4. The topological polar surface area (TPSA) is 248 Å². The lowest BCUT2D eigenvalue weighted by atomic mass is 9.78. The first-order valence-corrected chi connectivity index (χ1v) is 28.5. The average Bonchev–Trinajstić information content (AvgIpc) is 3.41. The van der Waals surface area contributed by atoms with Crippen LogP contribution in [0.4, 0.5) is 0 Å². The van der Waals surface area contributed by atoms with Crippen LogP contribution in [-0.4, -0.2) is 162 Å². The number of carbonyl (C=O) groups is 7. The number of allylic oxidation sites excluding steroid dienone is 6. The first-order valence-electron chi connectivity index (χ1n) is 27.4. The third-order valence-electron chi connectivity index (χ3n) is 16.2. The summed E-state index contributed by atoms with van der Waals surface area (Å²) in [5, 5.41) is 33.6. The van der Waals surface area contributed by atoms with Gasteiger partial charge in [0, 0.05) is 58.5 Å². The van der Waals surface area contributed by atoms with E-state index in [9.17, 15) is 48.9 Å². The maximum atomic E-state index is 14.6. The number of alkyl halides is 1. The highest BCUT2D eigenvalue weighted by Gasteiger charge is 2.53. The van der Waals surface area contributed by atoms with Crippen LogP contribution in [0.3, 0.4) is 0 Å². The number of fused-ring (bicyclic) bond motifs is 3. The summed E-state index contributed by atoms with van der Waals surface area (Å²) in [6, 6.07) is -1.22. The maximum Gasteiger partial charge on any atom is 0.329 e. The predicted molar refractivity (Wildman–Crippen MR) is 289 cm³/mol. The van der Waals surface area contributed by atoms with Gasteiger partial charge in [0.25, 0.3) is 11.7 Å². The van der Waals surface area contributed by atoms with E-state index < -0.39 is 120 Å². The van der Waals surface area contributed by atoms with E-state index in [0.29, 0.717) is 63.4 Å². The van der Waals surface area contributed by atoms with Crippen LogP contribution in [-0.2, 0) is 66.7 Å². The van der Waals surface area contributed by atoms with Gasteiger partial charge < -0.3 is 53.4 Å². The van der Waals surface area contributed by atoms with Crippen molar-refractivity contribution in [1.82, 2.24) is 4.90 Å². The van der Waals surface area contributed by atoms with Crippen molar-refractivity contribution in [3.63, 3.8) is 0 Å². The second-order valence-electron chi connectivity index (χ2n) is 22.5. The molecular formula is C58H88BrNO17. The Morgan fingerprint density at radius 2 is 1.61 bits per heavy atom. The molecule has 1 aliphatic carbocycles. The molecule has 3 heterocycles. The molecule has 0 aromatic carbocycles. The second kappa shape index (κ2) is 30.6. The number of ether oxygens (including phenoxy) is 7. The van der Waals surface area contributed by atoms with Crippen LogP contribution >= 0.6 is 15.9 Å². The summed E-state index contributed by atoms with van der Waals surface area (Å²) in [6.45, 7) is 12.9. The van der Waals surface area contributed by atoms with Gasteiger partial charge in [-0.25, -0.2) is 4.79 Å². The van der Waals surface area contributed by atoms with Gasteiger partial charge in [0.1, 0.15) is 53.6 Å². The van der Waals surface area contributed by atoms with E-state index in [1.165, 1.54) is 21.1 Å². The van der Waals surface area contributed by atoms with E-state index in [2.05, 4.69) is 15.9 Å². The van der Waals surface area contributed by atoms with Gasteiger partial charge >= 0.3 is 17.9 Å². The molecule has 3 aliphatic heterocycles. The van der Waals surface area contributed by atoms with Gasteiger partial charge in [-0.1, -0.05) is 87.0 Å². The second-order valence-corrected chi connectivity index (χ2v) is 23.0. The molecule has 2 saturated heterocycles. The van der Waals surface area contributed by atoms with Gasteiger partial charge in [0.05, 0.1) is 24.9 Å². The molecule has 434 valence electrons. The standard InChI is InChI=1S/C58H88BrNO17/c1-34-17-13-12-14-18-35(2)46(71-9)29-42-22-20-40(7)58(70,77-42)53(66)54(67)60-24-16-15-19-43(60)55(68)75-47(30-44(62)36(3)26-39(6)51(65)52(73-11)50(64)38(5)25-34)37(4)27-41-21-23-45(48(28-41)72-10)76-56(69)57(8,32-61)33-74-49(63)31-59/h12-14,17-18,26,34,36-38,40-43,45-48,51-52,61,65,70H,15-16,19-25,27-33H2,1-11H3/b14-12+,17-13+,35-18+,39-26+/t34-,36-,37-,38-,40-,41+,42+,43+,45-,46+,47+,48-,51-,52+,57?,58-/m1/s1. The number of aliphatic hydroxyl groups is 3. The number of nitrogens with zero attached hydrogens (tertiary/aromatic N) is 1. The Kier molecular flexibility index (Phi) is 26.0. The monoisotopic (exact) mass is 1150 g/mol. The van der Waals surface area contributed by atoms with Gasteiger partial charge in [-0.2, -0.15) is 0 Å². The van der Waals surface area contributed by atoms with Crippen LogP contribution in [0.2, 0.25) is 0 Å². The molecule has 1 unspecified atom stereocenters. The zero-order valence-electron chi connectivity index (χ0n) is 47.2. The van der Waals surface area contributed by atoms with Crippen molar-refractivity contribution in [2.45, 2.75) is 187 Å². The van der Waals surface area contributed by atoms with E-state index >= 15 is 0 Å². The highest BCUT2D eigenvalue weighted by molar-refractivity contribution is 9.09. The number of carbonyl (C=O) groups excluding carboxylic acids is 7. The van der Waals surface area contributed by atoms with Crippen molar-refractivity contribution in [2.24, 2.45) is 40.9 Å². The molecule has 0 aromatic heterocycles. The number of aliphatic hydroxyl groups excluding tert-OH is 2. The summed E-state index contributed by atoms with van der Waals surface area (Å²) in [6.07, 6.45) is 9.42. The SMILES string of the molecule is CO[C@H]1C[C@@H]2CC[C@@H](C)[C@@](O)(O2)C(=O)C(=O)N2CCCC[C@H]2C(=O)O[C@H]([C@H](C)C[C@@H]2CC[C@@H](OC(=O)C(C)(CO)COC(=O)CBr)[C@H](OC)C2)CC(=O)[C@H](C)/C=C(\C)[C@@H](O)[C@@H](OC)C(=O)[C@H](C)C[C@H](C)/C=C/C=C/C=C/1C. The molecule has 0 radical (unpaired) electrons. The highest BCUT2D eigenvalue weighted by atomic mass is 79.9. The molecule has 1 amide bonds. The molecule has 4 aliphatic rings. The number of esters is 3. The van der Waals surface area contributed by atoms with E-state index in [4.69, 9.17) is 33.2 Å².